The van der Waals surface area contributed by atoms with E-state index in [2.05, 4.69) is 36.1 Å². The molecule has 3 nitrogen and oxygen atoms in total. The molecule has 2 heterocycles. The zero-order valence-corrected chi connectivity index (χ0v) is 13.1. The Labute approximate surface area is 123 Å². The van der Waals surface area contributed by atoms with Gasteiger partial charge in [0.25, 0.3) is 0 Å². The number of rotatable bonds is 5. The molecule has 1 unspecified atom stereocenters. The molecule has 1 saturated heterocycles. The Morgan fingerprint density at radius 3 is 2.80 bits per heavy atom. The molecule has 20 heavy (non-hydrogen) atoms. The Morgan fingerprint density at radius 2 is 2.15 bits per heavy atom. The quantitative estimate of drug-likeness (QED) is 0.888. The van der Waals surface area contributed by atoms with E-state index < -0.39 is 0 Å². The molecule has 1 atom stereocenters. The molecule has 0 bridgehead atoms. The van der Waals surface area contributed by atoms with E-state index >= 15 is 0 Å². The third-order valence-electron chi connectivity index (χ3n) is 5.01. The maximum Gasteiger partial charge on any atom is 0.0643 e. The van der Waals surface area contributed by atoms with Crippen LogP contribution in [0.15, 0.2) is 12.3 Å². The van der Waals surface area contributed by atoms with Crippen molar-refractivity contribution < 1.29 is 0 Å². The first-order valence-electron chi connectivity index (χ1n) is 8.46. The number of hydrogen-bond acceptors (Lipinski definition) is 2. The van der Waals surface area contributed by atoms with Gasteiger partial charge >= 0.3 is 0 Å². The van der Waals surface area contributed by atoms with Crippen molar-refractivity contribution >= 4 is 0 Å². The summed E-state index contributed by atoms with van der Waals surface area (Å²) in [5, 5.41) is 8.66. The molecular weight excluding hydrogens is 246 g/mol. The lowest BCUT2D eigenvalue weighted by Gasteiger charge is -2.31. The van der Waals surface area contributed by atoms with Crippen molar-refractivity contribution in [2.75, 3.05) is 6.54 Å². The summed E-state index contributed by atoms with van der Waals surface area (Å²) in [5.41, 5.74) is 1.59. The Bertz CT molecular complexity index is 423. The number of nitrogens with zero attached hydrogens (tertiary/aromatic N) is 2. The molecule has 0 radical (unpaired) electrons. The van der Waals surface area contributed by atoms with Crippen LogP contribution in [0.4, 0.5) is 0 Å². The van der Waals surface area contributed by atoms with E-state index in [0.717, 1.165) is 12.3 Å². The van der Waals surface area contributed by atoms with Crippen molar-refractivity contribution in [3.63, 3.8) is 0 Å². The highest BCUT2D eigenvalue weighted by Gasteiger charge is 2.34. The van der Waals surface area contributed by atoms with Crippen molar-refractivity contribution in [2.45, 2.75) is 76.8 Å². The standard InChI is InChI=1S/C17H29N3/c1-14(2)12-17(9-5-10-18-17)13-15-8-11-20(19-15)16-6-3-4-7-16/h8,11,14,16,18H,3-7,9-10,12-13H2,1-2H3. The van der Waals surface area contributed by atoms with Crippen molar-refractivity contribution in [3.8, 4) is 0 Å². The predicted octanol–water partition coefficient (Wildman–Crippen LogP) is 3.71. The van der Waals surface area contributed by atoms with Gasteiger partial charge in [0.15, 0.2) is 0 Å². The number of aromatic nitrogens is 2. The van der Waals surface area contributed by atoms with E-state index in [1.165, 1.54) is 57.2 Å². The van der Waals surface area contributed by atoms with E-state index in [0.29, 0.717) is 11.6 Å². The summed E-state index contributed by atoms with van der Waals surface area (Å²) in [6, 6.07) is 2.92. The first kappa shape index (κ1) is 14.1. The van der Waals surface area contributed by atoms with Gasteiger partial charge in [-0.05, 0) is 50.6 Å². The van der Waals surface area contributed by atoms with Gasteiger partial charge in [0.2, 0.25) is 0 Å². The second-order valence-corrected chi connectivity index (χ2v) is 7.31. The van der Waals surface area contributed by atoms with Crippen molar-refractivity contribution in [2.24, 2.45) is 5.92 Å². The van der Waals surface area contributed by atoms with Crippen molar-refractivity contribution in [1.82, 2.24) is 15.1 Å². The second-order valence-electron chi connectivity index (χ2n) is 7.31. The monoisotopic (exact) mass is 275 g/mol. The topological polar surface area (TPSA) is 29.9 Å². The van der Waals surface area contributed by atoms with Gasteiger partial charge in [-0.15, -0.1) is 0 Å². The van der Waals surface area contributed by atoms with Gasteiger partial charge in [0.05, 0.1) is 11.7 Å². The van der Waals surface area contributed by atoms with E-state index in [1.807, 2.05) is 0 Å². The maximum absolute atomic E-state index is 4.88. The zero-order valence-electron chi connectivity index (χ0n) is 13.1. The highest BCUT2D eigenvalue weighted by molar-refractivity contribution is 5.09. The Morgan fingerprint density at radius 1 is 1.35 bits per heavy atom. The molecule has 3 heteroatoms. The van der Waals surface area contributed by atoms with E-state index in [4.69, 9.17) is 5.10 Å². The average molecular weight is 275 g/mol. The van der Waals surface area contributed by atoms with Gasteiger partial charge in [-0.3, -0.25) is 4.68 Å². The lowest BCUT2D eigenvalue weighted by molar-refractivity contribution is 0.297. The van der Waals surface area contributed by atoms with Gasteiger partial charge < -0.3 is 5.32 Å². The largest absolute Gasteiger partial charge is 0.311 e. The molecular formula is C17H29N3. The minimum Gasteiger partial charge on any atom is -0.311 e. The third kappa shape index (κ3) is 3.08. The molecule has 2 aliphatic rings. The molecule has 1 aromatic rings. The fourth-order valence-corrected chi connectivity index (χ4v) is 4.24. The van der Waals surface area contributed by atoms with Crippen LogP contribution in [0.1, 0.15) is 70.5 Å². The molecule has 1 aliphatic carbocycles. The third-order valence-corrected chi connectivity index (χ3v) is 5.01. The molecule has 3 rings (SSSR count). The fourth-order valence-electron chi connectivity index (χ4n) is 4.24. The lowest BCUT2D eigenvalue weighted by Crippen LogP contribution is -2.43. The van der Waals surface area contributed by atoms with Crippen LogP contribution in [0, 0.1) is 5.92 Å². The summed E-state index contributed by atoms with van der Waals surface area (Å²) in [7, 11) is 0. The fraction of sp³-hybridized carbons (Fsp3) is 0.824. The summed E-state index contributed by atoms with van der Waals surface area (Å²) >= 11 is 0. The molecule has 0 aromatic carbocycles. The molecule has 2 fully saturated rings. The van der Waals surface area contributed by atoms with Crippen LogP contribution in [-0.2, 0) is 6.42 Å². The molecule has 0 spiro atoms. The maximum atomic E-state index is 4.88. The molecule has 1 saturated carbocycles. The smallest absolute Gasteiger partial charge is 0.0643 e. The predicted molar refractivity (Wildman–Crippen MR) is 82.9 cm³/mol. The van der Waals surface area contributed by atoms with E-state index in [-0.39, 0.29) is 0 Å². The molecule has 0 amide bonds. The minimum atomic E-state index is 0.309. The second kappa shape index (κ2) is 5.88. The van der Waals surface area contributed by atoms with Crippen molar-refractivity contribution in [1.29, 1.82) is 0 Å². The van der Waals surface area contributed by atoms with Gasteiger partial charge in [-0.25, -0.2) is 0 Å². The summed E-state index contributed by atoms with van der Waals surface area (Å²) in [4.78, 5) is 0. The Balaban J connectivity index is 1.69. The summed E-state index contributed by atoms with van der Waals surface area (Å²) < 4.78 is 2.24. The Kier molecular flexibility index (Phi) is 4.16. The summed E-state index contributed by atoms with van der Waals surface area (Å²) in [6.07, 6.45) is 12.6. The van der Waals surface area contributed by atoms with E-state index in [1.54, 1.807) is 0 Å². The molecule has 1 aromatic heterocycles. The first-order valence-corrected chi connectivity index (χ1v) is 8.46. The van der Waals surface area contributed by atoms with Crippen LogP contribution < -0.4 is 5.32 Å². The van der Waals surface area contributed by atoms with Crippen LogP contribution in [-0.4, -0.2) is 21.9 Å². The van der Waals surface area contributed by atoms with E-state index in [9.17, 15) is 0 Å². The minimum absolute atomic E-state index is 0.309. The summed E-state index contributed by atoms with van der Waals surface area (Å²) in [6.45, 7) is 5.84. The zero-order chi connectivity index (χ0) is 14.0. The van der Waals surface area contributed by atoms with Gasteiger partial charge in [-0.1, -0.05) is 26.7 Å². The highest BCUT2D eigenvalue weighted by Crippen LogP contribution is 2.32. The number of hydrogen-bond donors (Lipinski definition) is 1. The van der Waals surface area contributed by atoms with Crippen molar-refractivity contribution in [3.05, 3.63) is 18.0 Å². The van der Waals surface area contributed by atoms with Gasteiger partial charge in [0.1, 0.15) is 0 Å². The van der Waals surface area contributed by atoms with Crippen LogP contribution >= 0.6 is 0 Å². The molecule has 1 aliphatic heterocycles. The normalized spacial score (nSPS) is 27.8. The van der Waals surface area contributed by atoms with Crippen LogP contribution in [0.2, 0.25) is 0 Å². The van der Waals surface area contributed by atoms with Crippen LogP contribution in [0.25, 0.3) is 0 Å². The first-order chi connectivity index (χ1) is 9.67. The highest BCUT2D eigenvalue weighted by atomic mass is 15.3. The molecule has 1 N–H and O–H groups in total. The SMILES string of the molecule is CC(C)CC1(Cc2ccn(C3CCCC3)n2)CCCN1. The average Bonchev–Trinajstić information content (AvgIpc) is 3.08. The van der Waals surface area contributed by atoms with Crippen LogP contribution in [0.3, 0.4) is 0 Å². The lowest BCUT2D eigenvalue weighted by atomic mass is 9.83. The van der Waals surface area contributed by atoms with Gasteiger partial charge in [-0.2, -0.15) is 5.10 Å². The molecule has 112 valence electrons. The number of nitrogens with one attached hydrogen (secondary N) is 1. The Hall–Kier alpha value is -0.830. The van der Waals surface area contributed by atoms with Gasteiger partial charge in [0, 0.05) is 18.2 Å². The van der Waals surface area contributed by atoms with Crippen LogP contribution in [0.5, 0.6) is 0 Å². The summed E-state index contributed by atoms with van der Waals surface area (Å²) in [5.74, 6) is 0.748.